The molecule has 6 heteroatoms. The standard InChI is InChI=1S/C16H19ClN4O/c1-10-5-11(7-18)9-21(10)16(22)14-8-19-20-15(14)12-3-2-4-13(17)6-12/h2-4,6,8,10-11H,5,7,9,18H2,1H3,(H,19,20). The lowest BCUT2D eigenvalue weighted by Crippen LogP contribution is -2.34. The Morgan fingerprint density at radius 1 is 1.55 bits per heavy atom. The number of hydrogen-bond acceptors (Lipinski definition) is 3. The molecule has 3 rings (SSSR count). The van der Waals surface area contributed by atoms with Crippen LogP contribution in [0.15, 0.2) is 30.5 Å². The monoisotopic (exact) mass is 318 g/mol. The second-order valence-electron chi connectivity index (χ2n) is 5.81. The molecule has 116 valence electrons. The number of nitrogens with one attached hydrogen (secondary N) is 1. The van der Waals surface area contributed by atoms with Crippen LogP contribution in [-0.2, 0) is 0 Å². The fraction of sp³-hybridized carbons (Fsp3) is 0.375. The molecule has 1 aromatic carbocycles. The van der Waals surface area contributed by atoms with Crippen molar-refractivity contribution in [3.05, 3.63) is 41.0 Å². The summed E-state index contributed by atoms with van der Waals surface area (Å²) < 4.78 is 0. The van der Waals surface area contributed by atoms with Crippen LogP contribution < -0.4 is 5.73 Å². The summed E-state index contributed by atoms with van der Waals surface area (Å²) in [6.07, 6.45) is 2.54. The normalized spacial score (nSPS) is 21.3. The Labute approximate surface area is 134 Å². The molecule has 0 radical (unpaired) electrons. The summed E-state index contributed by atoms with van der Waals surface area (Å²) in [7, 11) is 0. The van der Waals surface area contributed by atoms with E-state index in [0.717, 1.165) is 12.0 Å². The number of halogens is 1. The van der Waals surface area contributed by atoms with Gasteiger partial charge in [-0.25, -0.2) is 0 Å². The third-order valence-electron chi connectivity index (χ3n) is 4.24. The quantitative estimate of drug-likeness (QED) is 0.913. The Kier molecular flexibility index (Phi) is 4.18. The van der Waals surface area contributed by atoms with Gasteiger partial charge in [0.15, 0.2) is 0 Å². The van der Waals surface area contributed by atoms with Crippen LogP contribution in [-0.4, -0.2) is 40.1 Å². The molecule has 3 N–H and O–H groups in total. The maximum absolute atomic E-state index is 12.9. The summed E-state index contributed by atoms with van der Waals surface area (Å²) in [4.78, 5) is 14.7. The summed E-state index contributed by atoms with van der Waals surface area (Å²) >= 11 is 6.04. The molecule has 1 aromatic heterocycles. The minimum Gasteiger partial charge on any atom is -0.335 e. The number of benzene rings is 1. The van der Waals surface area contributed by atoms with E-state index in [9.17, 15) is 4.79 Å². The predicted octanol–water partition coefficient (Wildman–Crippen LogP) is 2.54. The predicted molar refractivity (Wildman–Crippen MR) is 86.7 cm³/mol. The average molecular weight is 319 g/mol. The van der Waals surface area contributed by atoms with Crippen molar-refractivity contribution < 1.29 is 4.79 Å². The Hall–Kier alpha value is -1.85. The van der Waals surface area contributed by atoms with Crippen molar-refractivity contribution in [3.63, 3.8) is 0 Å². The summed E-state index contributed by atoms with van der Waals surface area (Å²) in [6.45, 7) is 3.38. The third-order valence-corrected chi connectivity index (χ3v) is 4.47. The number of nitrogens with zero attached hydrogens (tertiary/aromatic N) is 2. The van der Waals surface area contributed by atoms with Gasteiger partial charge in [-0.2, -0.15) is 5.10 Å². The largest absolute Gasteiger partial charge is 0.335 e. The highest BCUT2D eigenvalue weighted by atomic mass is 35.5. The molecule has 0 aliphatic carbocycles. The number of aromatic amines is 1. The minimum atomic E-state index is -0.00724. The van der Waals surface area contributed by atoms with E-state index < -0.39 is 0 Å². The Balaban J connectivity index is 1.90. The topological polar surface area (TPSA) is 75.0 Å². The summed E-state index contributed by atoms with van der Waals surface area (Å²) in [6, 6.07) is 7.59. The van der Waals surface area contributed by atoms with Gasteiger partial charge in [-0.15, -0.1) is 0 Å². The lowest BCUT2D eigenvalue weighted by Gasteiger charge is -2.21. The number of rotatable bonds is 3. The average Bonchev–Trinajstić information content (AvgIpc) is 3.13. The van der Waals surface area contributed by atoms with Gasteiger partial charge in [0.1, 0.15) is 0 Å². The first-order chi connectivity index (χ1) is 10.6. The molecule has 2 unspecified atom stereocenters. The van der Waals surface area contributed by atoms with E-state index >= 15 is 0 Å². The van der Waals surface area contributed by atoms with Gasteiger partial charge in [-0.05, 0) is 37.9 Å². The maximum atomic E-state index is 12.9. The first-order valence-electron chi connectivity index (χ1n) is 7.40. The number of amides is 1. The van der Waals surface area contributed by atoms with Crippen LogP contribution in [0.1, 0.15) is 23.7 Å². The minimum absolute atomic E-state index is 0.00724. The van der Waals surface area contributed by atoms with Gasteiger partial charge in [0.2, 0.25) is 0 Å². The lowest BCUT2D eigenvalue weighted by molar-refractivity contribution is 0.0744. The molecular weight excluding hydrogens is 300 g/mol. The van der Waals surface area contributed by atoms with Crippen LogP contribution in [0.4, 0.5) is 0 Å². The van der Waals surface area contributed by atoms with Gasteiger partial charge in [0.25, 0.3) is 5.91 Å². The second kappa shape index (κ2) is 6.10. The van der Waals surface area contributed by atoms with Gasteiger partial charge in [-0.1, -0.05) is 23.7 Å². The third kappa shape index (κ3) is 2.74. The summed E-state index contributed by atoms with van der Waals surface area (Å²) in [5.74, 6) is 0.368. The van der Waals surface area contributed by atoms with E-state index in [-0.39, 0.29) is 11.9 Å². The number of likely N-dealkylation sites (tertiary alicyclic amines) is 1. The zero-order valence-corrected chi connectivity index (χ0v) is 13.2. The second-order valence-corrected chi connectivity index (χ2v) is 6.25. The molecule has 1 aliphatic heterocycles. The van der Waals surface area contributed by atoms with E-state index in [4.69, 9.17) is 17.3 Å². The van der Waals surface area contributed by atoms with Gasteiger partial charge >= 0.3 is 0 Å². The van der Waals surface area contributed by atoms with Gasteiger partial charge in [0.05, 0.1) is 17.5 Å². The fourth-order valence-corrected chi connectivity index (χ4v) is 3.25. The SMILES string of the molecule is CC1CC(CN)CN1C(=O)c1cn[nH]c1-c1cccc(Cl)c1. The van der Waals surface area contributed by atoms with E-state index in [1.807, 2.05) is 23.1 Å². The maximum Gasteiger partial charge on any atom is 0.257 e. The molecule has 2 heterocycles. The number of carbonyl (C=O) groups is 1. The fourth-order valence-electron chi connectivity index (χ4n) is 3.06. The van der Waals surface area contributed by atoms with Crippen LogP contribution in [0.2, 0.25) is 5.02 Å². The van der Waals surface area contributed by atoms with E-state index in [0.29, 0.717) is 35.3 Å². The zero-order valence-electron chi connectivity index (χ0n) is 12.4. The van der Waals surface area contributed by atoms with Crippen LogP contribution in [0.3, 0.4) is 0 Å². The Bertz CT molecular complexity index is 684. The van der Waals surface area contributed by atoms with Crippen LogP contribution >= 0.6 is 11.6 Å². The highest BCUT2D eigenvalue weighted by Crippen LogP contribution is 2.28. The molecular formula is C16H19ClN4O. The first-order valence-corrected chi connectivity index (χ1v) is 7.78. The van der Waals surface area contributed by atoms with Crippen molar-refractivity contribution in [2.75, 3.05) is 13.1 Å². The first kappa shape index (κ1) is 15.1. The molecule has 1 aliphatic rings. The molecule has 0 bridgehead atoms. The number of H-pyrrole nitrogens is 1. The van der Waals surface area contributed by atoms with Crippen molar-refractivity contribution in [3.8, 4) is 11.3 Å². The van der Waals surface area contributed by atoms with Gasteiger partial charge in [-0.3, -0.25) is 9.89 Å². The smallest absolute Gasteiger partial charge is 0.257 e. The van der Waals surface area contributed by atoms with E-state index in [2.05, 4.69) is 17.1 Å². The summed E-state index contributed by atoms with van der Waals surface area (Å²) in [5.41, 5.74) is 7.88. The summed E-state index contributed by atoms with van der Waals surface area (Å²) in [5, 5.41) is 7.59. The number of aromatic nitrogens is 2. The van der Waals surface area contributed by atoms with E-state index in [1.165, 1.54) is 0 Å². The highest BCUT2D eigenvalue weighted by molar-refractivity contribution is 6.30. The lowest BCUT2D eigenvalue weighted by atomic mass is 10.1. The van der Waals surface area contributed by atoms with Crippen molar-refractivity contribution in [1.82, 2.24) is 15.1 Å². The molecule has 0 saturated carbocycles. The van der Waals surface area contributed by atoms with Crippen LogP contribution in [0.5, 0.6) is 0 Å². The van der Waals surface area contributed by atoms with Gasteiger partial charge in [0, 0.05) is 23.2 Å². The molecule has 2 aromatic rings. The number of nitrogens with two attached hydrogens (primary N) is 1. The molecule has 1 amide bonds. The van der Waals surface area contributed by atoms with Crippen LogP contribution in [0, 0.1) is 5.92 Å². The highest BCUT2D eigenvalue weighted by Gasteiger charge is 2.33. The molecule has 5 nitrogen and oxygen atoms in total. The number of hydrogen-bond donors (Lipinski definition) is 2. The zero-order chi connectivity index (χ0) is 15.7. The molecule has 1 saturated heterocycles. The molecule has 0 spiro atoms. The van der Waals surface area contributed by atoms with Crippen molar-refractivity contribution >= 4 is 17.5 Å². The van der Waals surface area contributed by atoms with Gasteiger partial charge < -0.3 is 10.6 Å². The Morgan fingerprint density at radius 2 is 2.36 bits per heavy atom. The van der Waals surface area contributed by atoms with E-state index in [1.54, 1.807) is 12.3 Å². The van der Waals surface area contributed by atoms with Crippen molar-refractivity contribution in [1.29, 1.82) is 0 Å². The molecule has 1 fully saturated rings. The number of carbonyl (C=O) groups excluding carboxylic acids is 1. The molecule has 22 heavy (non-hydrogen) atoms. The van der Waals surface area contributed by atoms with Crippen molar-refractivity contribution in [2.45, 2.75) is 19.4 Å². The molecule has 2 atom stereocenters. The van der Waals surface area contributed by atoms with Crippen molar-refractivity contribution in [2.24, 2.45) is 11.7 Å². The van der Waals surface area contributed by atoms with Crippen LogP contribution in [0.25, 0.3) is 11.3 Å². The Morgan fingerprint density at radius 3 is 3.05 bits per heavy atom.